The van der Waals surface area contributed by atoms with Crippen molar-refractivity contribution in [2.45, 2.75) is 26.2 Å². The first-order valence-electron chi connectivity index (χ1n) is 4.15. The van der Waals surface area contributed by atoms with Crippen molar-refractivity contribution in [1.29, 1.82) is 0 Å². The summed E-state index contributed by atoms with van der Waals surface area (Å²) in [4.78, 5) is 4.16. The summed E-state index contributed by atoms with van der Waals surface area (Å²) >= 11 is 0. The zero-order valence-electron chi connectivity index (χ0n) is 8.14. The maximum absolute atomic E-state index is 5.07. The van der Waals surface area contributed by atoms with Gasteiger partial charge < -0.3 is 4.52 Å². The third kappa shape index (κ3) is 1.48. The Bertz CT molecular complexity index is 412. The number of aromatic nitrogens is 6. The van der Waals surface area contributed by atoms with E-state index in [2.05, 4.69) is 30.8 Å². The van der Waals surface area contributed by atoms with Crippen LogP contribution in [0.1, 0.15) is 26.7 Å². The Hall–Kier alpha value is -1.79. The standard InChI is InChI=1S/C7H10N6O/c1-7(2,3)6-8-4(11-14-6)5-9-12-13-10-5/h1-3H3,(H,9,10,12,13). The molecule has 0 radical (unpaired) electrons. The van der Waals surface area contributed by atoms with Gasteiger partial charge in [0.25, 0.3) is 0 Å². The van der Waals surface area contributed by atoms with Crippen LogP contribution in [0.15, 0.2) is 4.52 Å². The van der Waals surface area contributed by atoms with E-state index in [4.69, 9.17) is 4.52 Å². The van der Waals surface area contributed by atoms with Gasteiger partial charge >= 0.3 is 0 Å². The number of tetrazole rings is 1. The van der Waals surface area contributed by atoms with Crippen LogP contribution in [0.25, 0.3) is 11.6 Å². The van der Waals surface area contributed by atoms with Crippen LogP contribution >= 0.6 is 0 Å². The van der Waals surface area contributed by atoms with Gasteiger partial charge in [-0.3, -0.25) is 0 Å². The van der Waals surface area contributed by atoms with E-state index in [0.717, 1.165) is 0 Å². The lowest BCUT2D eigenvalue weighted by molar-refractivity contribution is 0.321. The maximum Gasteiger partial charge on any atom is 0.245 e. The van der Waals surface area contributed by atoms with Gasteiger partial charge in [-0.1, -0.05) is 25.9 Å². The Morgan fingerprint density at radius 3 is 2.50 bits per heavy atom. The molecule has 2 rings (SSSR count). The van der Waals surface area contributed by atoms with Gasteiger partial charge in [0.05, 0.1) is 0 Å². The molecular weight excluding hydrogens is 184 g/mol. The molecule has 0 bridgehead atoms. The van der Waals surface area contributed by atoms with Crippen LogP contribution in [0.3, 0.4) is 0 Å². The lowest BCUT2D eigenvalue weighted by Gasteiger charge is -2.10. The highest BCUT2D eigenvalue weighted by molar-refractivity contribution is 5.39. The average Bonchev–Trinajstić information content (AvgIpc) is 2.73. The van der Waals surface area contributed by atoms with Crippen molar-refractivity contribution >= 4 is 0 Å². The lowest BCUT2D eigenvalue weighted by Crippen LogP contribution is -2.11. The first-order chi connectivity index (χ1) is 6.57. The van der Waals surface area contributed by atoms with Gasteiger partial charge in [-0.2, -0.15) is 10.2 Å². The number of nitrogens with one attached hydrogen (secondary N) is 1. The molecule has 0 unspecified atom stereocenters. The molecule has 0 aliphatic heterocycles. The number of hydrogen-bond acceptors (Lipinski definition) is 6. The smallest absolute Gasteiger partial charge is 0.245 e. The molecule has 2 aromatic rings. The van der Waals surface area contributed by atoms with Crippen molar-refractivity contribution in [2.24, 2.45) is 0 Å². The molecule has 0 spiro atoms. The van der Waals surface area contributed by atoms with E-state index in [9.17, 15) is 0 Å². The quantitative estimate of drug-likeness (QED) is 0.712. The van der Waals surface area contributed by atoms with E-state index < -0.39 is 0 Å². The number of rotatable bonds is 1. The first-order valence-corrected chi connectivity index (χ1v) is 4.15. The van der Waals surface area contributed by atoms with Crippen molar-refractivity contribution in [2.75, 3.05) is 0 Å². The summed E-state index contributed by atoms with van der Waals surface area (Å²) in [5.74, 6) is 1.24. The molecule has 0 aliphatic rings. The van der Waals surface area contributed by atoms with Crippen molar-refractivity contribution in [3.05, 3.63) is 5.89 Å². The molecular formula is C7H10N6O. The molecule has 14 heavy (non-hydrogen) atoms. The Morgan fingerprint density at radius 2 is 2.00 bits per heavy atom. The minimum atomic E-state index is -0.172. The predicted octanol–water partition coefficient (Wildman–Crippen LogP) is 0.547. The van der Waals surface area contributed by atoms with Crippen molar-refractivity contribution in [3.8, 4) is 11.6 Å². The Balaban J connectivity index is 2.36. The third-order valence-corrected chi connectivity index (χ3v) is 1.61. The van der Waals surface area contributed by atoms with E-state index >= 15 is 0 Å². The van der Waals surface area contributed by atoms with Crippen molar-refractivity contribution in [1.82, 2.24) is 30.8 Å². The topological polar surface area (TPSA) is 93.4 Å². The van der Waals surface area contributed by atoms with Gasteiger partial charge in [0, 0.05) is 5.41 Å². The first kappa shape index (κ1) is 8.79. The van der Waals surface area contributed by atoms with Crippen LogP contribution in [0.2, 0.25) is 0 Å². The number of hydrogen-bond donors (Lipinski definition) is 1. The highest BCUT2D eigenvalue weighted by Crippen LogP contribution is 2.21. The Labute approximate surface area is 79.9 Å². The fraction of sp³-hybridized carbons (Fsp3) is 0.571. The minimum absolute atomic E-state index is 0.172. The zero-order valence-corrected chi connectivity index (χ0v) is 8.14. The van der Waals surface area contributed by atoms with E-state index in [0.29, 0.717) is 17.5 Å². The highest BCUT2D eigenvalue weighted by atomic mass is 16.5. The summed E-state index contributed by atoms with van der Waals surface area (Å²) < 4.78 is 5.07. The van der Waals surface area contributed by atoms with Crippen LogP contribution in [0.5, 0.6) is 0 Å². The van der Waals surface area contributed by atoms with Gasteiger partial charge in [0.1, 0.15) is 0 Å². The summed E-state index contributed by atoms with van der Waals surface area (Å²) in [6.45, 7) is 5.96. The van der Waals surface area contributed by atoms with E-state index in [-0.39, 0.29) is 5.41 Å². The average molecular weight is 194 g/mol. The second-order valence-electron chi connectivity index (χ2n) is 3.91. The third-order valence-electron chi connectivity index (χ3n) is 1.61. The van der Waals surface area contributed by atoms with Crippen molar-refractivity contribution < 1.29 is 4.52 Å². The van der Waals surface area contributed by atoms with Gasteiger partial charge in [0.15, 0.2) is 0 Å². The summed E-state index contributed by atoms with van der Waals surface area (Å²) in [6.07, 6.45) is 0. The van der Waals surface area contributed by atoms with Gasteiger partial charge in [0.2, 0.25) is 17.5 Å². The summed E-state index contributed by atoms with van der Waals surface area (Å²) in [5, 5.41) is 17.0. The molecule has 74 valence electrons. The van der Waals surface area contributed by atoms with Gasteiger partial charge in [-0.15, -0.1) is 10.2 Å². The molecule has 0 atom stereocenters. The summed E-state index contributed by atoms with van der Waals surface area (Å²) in [7, 11) is 0. The largest absolute Gasteiger partial charge is 0.338 e. The SMILES string of the molecule is CC(C)(C)c1nc(-c2nn[nH]n2)no1. The lowest BCUT2D eigenvalue weighted by atomic mass is 9.97. The molecule has 0 aliphatic carbocycles. The summed E-state index contributed by atoms with van der Waals surface area (Å²) in [5.41, 5.74) is -0.172. The highest BCUT2D eigenvalue weighted by Gasteiger charge is 2.23. The molecule has 0 fully saturated rings. The predicted molar refractivity (Wildman–Crippen MR) is 46.2 cm³/mol. The molecule has 0 saturated carbocycles. The molecule has 0 aromatic carbocycles. The number of H-pyrrole nitrogens is 1. The van der Waals surface area contributed by atoms with Crippen LogP contribution in [0, 0.1) is 0 Å². The minimum Gasteiger partial charge on any atom is -0.338 e. The molecule has 2 heterocycles. The second kappa shape index (κ2) is 2.86. The van der Waals surface area contributed by atoms with Crippen LogP contribution in [0.4, 0.5) is 0 Å². The Kier molecular flexibility index (Phi) is 1.80. The van der Waals surface area contributed by atoms with Crippen molar-refractivity contribution in [3.63, 3.8) is 0 Å². The van der Waals surface area contributed by atoms with E-state index in [1.54, 1.807) is 0 Å². The maximum atomic E-state index is 5.07. The van der Waals surface area contributed by atoms with E-state index in [1.807, 2.05) is 20.8 Å². The number of aromatic amines is 1. The van der Waals surface area contributed by atoms with Crippen LogP contribution in [-0.4, -0.2) is 30.8 Å². The fourth-order valence-corrected chi connectivity index (χ4v) is 0.875. The second-order valence-corrected chi connectivity index (χ2v) is 3.91. The molecule has 0 saturated heterocycles. The molecule has 0 amide bonds. The van der Waals surface area contributed by atoms with Gasteiger partial charge in [-0.05, 0) is 5.21 Å². The molecule has 1 N–H and O–H groups in total. The van der Waals surface area contributed by atoms with Crippen LogP contribution < -0.4 is 0 Å². The molecule has 7 heteroatoms. The zero-order chi connectivity index (χ0) is 10.2. The van der Waals surface area contributed by atoms with E-state index in [1.165, 1.54) is 0 Å². The molecule has 2 aromatic heterocycles. The Morgan fingerprint density at radius 1 is 1.21 bits per heavy atom. The number of nitrogens with zero attached hydrogens (tertiary/aromatic N) is 5. The fourth-order valence-electron chi connectivity index (χ4n) is 0.875. The molecule has 7 nitrogen and oxygen atoms in total. The van der Waals surface area contributed by atoms with Crippen LogP contribution in [-0.2, 0) is 5.41 Å². The monoisotopic (exact) mass is 194 g/mol. The van der Waals surface area contributed by atoms with Gasteiger partial charge in [-0.25, -0.2) is 0 Å². The summed E-state index contributed by atoms with van der Waals surface area (Å²) in [6, 6.07) is 0. The normalized spacial score (nSPS) is 11.9.